The minimum Gasteiger partial charge on any atom is -0.464 e. The van der Waals surface area contributed by atoms with Crippen molar-refractivity contribution in [3.05, 3.63) is 0 Å². The number of carbonyl (C=O) groups excluding carboxylic acids is 3. The monoisotopic (exact) mass is 260 g/mol. The molecule has 0 radical (unpaired) electrons. The highest BCUT2D eigenvalue weighted by atomic mass is 16.6. The molecule has 6 heteroatoms. The van der Waals surface area contributed by atoms with Crippen LogP contribution in [0.5, 0.6) is 0 Å². The molecule has 0 spiro atoms. The highest BCUT2D eigenvalue weighted by Gasteiger charge is 2.23. The van der Waals surface area contributed by atoms with E-state index in [9.17, 15) is 19.5 Å². The van der Waals surface area contributed by atoms with Gasteiger partial charge in [-0.1, -0.05) is 0 Å². The van der Waals surface area contributed by atoms with E-state index in [0.29, 0.717) is 0 Å². The third-order valence-corrected chi connectivity index (χ3v) is 1.74. The van der Waals surface area contributed by atoms with Crippen molar-refractivity contribution < 1.29 is 29.0 Å². The number of Topliss-reactive ketones (excluding diaryl/α,β-unsaturated/α-hetero) is 1. The molecule has 6 nitrogen and oxygen atoms in total. The van der Waals surface area contributed by atoms with E-state index in [4.69, 9.17) is 4.74 Å². The van der Waals surface area contributed by atoms with E-state index in [1.165, 1.54) is 0 Å². The summed E-state index contributed by atoms with van der Waals surface area (Å²) in [6.45, 7) is 6.76. The SMILES string of the molecule is CCOC(=O)C(O)CC(=O)CC(=O)OC(C)(C)C. The van der Waals surface area contributed by atoms with Crippen molar-refractivity contribution in [3.63, 3.8) is 0 Å². The molecule has 18 heavy (non-hydrogen) atoms. The molecule has 0 saturated carbocycles. The van der Waals surface area contributed by atoms with Crippen LogP contribution < -0.4 is 0 Å². The Labute approximate surface area is 106 Å². The van der Waals surface area contributed by atoms with E-state index in [-0.39, 0.29) is 6.61 Å². The van der Waals surface area contributed by atoms with Crippen LogP contribution in [-0.2, 0) is 23.9 Å². The van der Waals surface area contributed by atoms with Crippen LogP contribution in [0.3, 0.4) is 0 Å². The molecule has 1 atom stereocenters. The van der Waals surface area contributed by atoms with E-state index in [0.717, 1.165) is 0 Å². The predicted octanol–water partition coefficient (Wildman–Crippen LogP) is 0.601. The topological polar surface area (TPSA) is 89.9 Å². The summed E-state index contributed by atoms with van der Waals surface area (Å²) in [5.74, 6) is -2.11. The maximum Gasteiger partial charge on any atom is 0.335 e. The number of ether oxygens (including phenoxy) is 2. The first-order valence-electron chi connectivity index (χ1n) is 5.74. The number of ketones is 1. The van der Waals surface area contributed by atoms with Crippen molar-refractivity contribution >= 4 is 17.7 Å². The van der Waals surface area contributed by atoms with Crippen LogP contribution in [-0.4, -0.2) is 41.1 Å². The number of hydrogen-bond donors (Lipinski definition) is 1. The van der Waals surface area contributed by atoms with Crippen molar-refractivity contribution in [3.8, 4) is 0 Å². The van der Waals surface area contributed by atoms with Gasteiger partial charge in [0.05, 0.1) is 6.61 Å². The summed E-state index contributed by atoms with van der Waals surface area (Å²) in [4.78, 5) is 33.7. The Morgan fingerprint density at radius 3 is 2.22 bits per heavy atom. The summed E-state index contributed by atoms with van der Waals surface area (Å²) in [6, 6.07) is 0. The summed E-state index contributed by atoms with van der Waals surface area (Å²) in [6.07, 6.45) is -2.44. The summed E-state index contributed by atoms with van der Waals surface area (Å²) in [5, 5.41) is 9.32. The number of carbonyl (C=O) groups is 3. The van der Waals surface area contributed by atoms with Crippen LogP contribution in [0.1, 0.15) is 40.5 Å². The van der Waals surface area contributed by atoms with E-state index in [2.05, 4.69) is 4.74 Å². The minimum atomic E-state index is -1.53. The van der Waals surface area contributed by atoms with Crippen LogP contribution in [0.4, 0.5) is 0 Å². The zero-order valence-electron chi connectivity index (χ0n) is 11.2. The summed E-state index contributed by atoms with van der Waals surface area (Å²) >= 11 is 0. The van der Waals surface area contributed by atoms with Gasteiger partial charge in [-0.05, 0) is 27.7 Å². The van der Waals surface area contributed by atoms with Crippen molar-refractivity contribution in [2.75, 3.05) is 6.61 Å². The molecule has 0 aliphatic carbocycles. The molecule has 0 aliphatic heterocycles. The number of hydrogen-bond acceptors (Lipinski definition) is 6. The fourth-order valence-corrected chi connectivity index (χ4v) is 1.15. The molecule has 0 bridgehead atoms. The quantitative estimate of drug-likeness (QED) is 0.555. The van der Waals surface area contributed by atoms with Gasteiger partial charge in [-0.15, -0.1) is 0 Å². The Balaban J connectivity index is 4.12. The fraction of sp³-hybridized carbons (Fsp3) is 0.750. The van der Waals surface area contributed by atoms with Crippen LogP contribution in [0.25, 0.3) is 0 Å². The maximum atomic E-state index is 11.4. The van der Waals surface area contributed by atoms with Gasteiger partial charge in [-0.3, -0.25) is 9.59 Å². The fourth-order valence-electron chi connectivity index (χ4n) is 1.15. The maximum absolute atomic E-state index is 11.4. The molecule has 0 aromatic rings. The van der Waals surface area contributed by atoms with Crippen LogP contribution in [0, 0.1) is 0 Å². The molecule has 0 heterocycles. The Morgan fingerprint density at radius 1 is 1.22 bits per heavy atom. The van der Waals surface area contributed by atoms with Gasteiger partial charge < -0.3 is 14.6 Å². The Morgan fingerprint density at radius 2 is 1.78 bits per heavy atom. The first-order valence-corrected chi connectivity index (χ1v) is 5.74. The third kappa shape index (κ3) is 7.78. The molecule has 0 amide bonds. The minimum absolute atomic E-state index is 0.121. The predicted molar refractivity (Wildman–Crippen MR) is 62.7 cm³/mol. The van der Waals surface area contributed by atoms with Crippen molar-refractivity contribution in [1.29, 1.82) is 0 Å². The lowest BCUT2D eigenvalue weighted by molar-refractivity contribution is -0.159. The molecule has 0 rings (SSSR count). The van der Waals surface area contributed by atoms with Gasteiger partial charge in [0.15, 0.2) is 6.10 Å². The lowest BCUT2D eigenvalue weighted by Crippen LogP contribution is -2.29. The summed E-state index contributed by atoms with van der Waals surface area (Å²) in [7, 11) is 0. The highest BCUT2D eigenvalue weighted by molar-refractivity contribution is 5.97. The number of aliphatic hydroxyl groups is 1. The smallest absolute Gasteiger partial charge is 0.335 e. The van der Waals surface area contributed by atoms with Crippen LogP contribution in [0.2, 0.25) is 0 Å². The lowest BCUT2D eigenvalue weighted by atomic mass is 10.1. The standard InChI is InChI=1S/C12H20O6/c1-5-17-11(16)9(14)6-8(13)7-10(15)18-12(2,3)4/h9,14H,5-7H2,1-4H3. The molecular formula is C12H20O6. The first kappa shape index (κ1) is 16.6. The molecule has 1 N–H and O–H groups in total. The average Bonchev–Trinajstić information content (AvgIpc) is 2.13. The van der Waals surface area contributed by atoms with Crippen LogP contribution in [0.15, 0.2) is 0 Å². The van der Waals surface area contributed by atoms with Gasteiger partial charge in [-0.2, -0.15) is 0 Å². The van der Waals surface area contributed by atoms with Gasteiger partial charge in [0.1, 0.15) is 17.8 Å². The molecule has 104 valence electrons. The highest BCUT2D eigenvalue weighted by Crippen LogP contribution is 2.09. The second-order valence-corrected chi connectivity index (χ2v) is 4.77. The van der Waals surface area contributed by atoms with Crippen molar-refractivity contribution in [1.82, 2.24) is 0 Å². The van der Waals surface area contributed by atoms with E-state index in [1.807, 2.05) is 0 Å². The number of rotatable bonds is 6. The largest absolute Gasteiger partial charge is 0.464 e. The summed E-state index contributed by atoms with van der Waals surface area (Å²) < 4.78 is 9.47. The molecule has 1 unspecified atom stereocenters. The Kier molecular flexibility index (Phi) is 6.54. The molecule has 0 aliphatic rings. The number of esters is 2. The van der Waals surface area contributed by atoms with Gasteiger partial charge in [0, 0.05) is 6.42 Å². The molecular weight excluding hydrogens is 240 g/mol. The first-order chi connectivity index (χ1) is 8.15. The van der Waals surface area contributed by atoms with Gasteiger partial charge >= 0.3 is 11.9 Å². The molecule has 0 saturated heterocycles. The zero-order valence-corrected chi connectivity index (χ0v) is 11.2. The third-order valence-electron chi connectivity index (χ3n) is 1.74. The van der Waals surface area contributed by atoms with Crippen molar-refractivity contribution in [2.45, 2.75) is 52.2 Å². The molecule has 0 aromatic heterocycles. The van der Waals surface area contributed by atoms with Gasteiger partial charge in [0.25, 0.3) is 0 Å². The molecule has 0 fully saturated rings. The Hall–Kier alpha value is -1.43. The lowest BCUT2D eigenvalue weighted by Gasteiger charge is -2.19. The summed E-state index contributed by atoms with van der Waals surface area (Å²) in [5.41, 5.74) is -0.670. The number of aliphatic hydroxyl groups excluding tert-OH is 1. The van der Waals surface area contributed by atoms with E-state index < -0.39 is 42.3 Å². The van der Waals surface area contributed by atoms with Gasteiger partial charge in [-0.25, -0.2) is 4.79 Å². The van der Waals surface area contributed by atoms with Gasteiger partial charge in [0.2, 0.25) is 0 Å². The Bertz CT molecular complexity index is 315. The average molecular weight is 260 g/mol. The van der Waals surface area contributed by atoms with E-state index in [1.54, 1.807) is 27.7 Å². The second kappa shape index (κ2) is 7.10. The van der Waals surface area contributed by atoms with Crippen LogP contribution >= 0.6 is 0 Å². The van der Waals surface area contributed by atoms with E-state index >= 15 is 0 Å². The normalized spacial score (nSPS) is 12.7. The second-order valence-electron chi connectivity index (χ2n) is 4.77. The van der Waals surface area contributed by atoms with Crippen molar-refractivity contribution in [2.24, 2.45) is 0 Å². The zero-order chi connectivity index (χ0) is 14.3. The molecule has 0 aromatic carbocycles.